The molecule has 1 heterocycles. The predicted molar refractivity (Wildman–Crippen MR) is 63.6 cm³/mol. The first-order valence-corrected chi connectivity index (χ1v) is 5.79. The first-order valence-electron chi connectivity index (χ1n) is 5.79. The van der Waals surface area contributed by atoms with Crippen molar-refractivity contribution in [2.24, 2.45) is 0 Å². The number of hydrogen-bond acceptors (Lipinski definition) is 2. The number of ketones is 1. The lowest BCUT2D eigenvalue weighted by atomic mass is 10.2. The molecule has 16 heavy (non-hydrogen) atoms. The van der Waals surface area contributed by atoms with Crippen LogP contribution in [0, 0.1) is 0 Å². The van der Waals surface area contributed by atoms with Gasteiger partial charge in [0, 0.05) is 31.4 Å². The molecule has 0 radical (unpaired) electrons. The Bertz CT molecular complexity index is 401. The molecule has 0 aliphatic rings. The number of unbranched alkanes of at least 4 members (excludes halogenated alkanes) is 1. The molecule has 90 valence electrons. The van der Waals surface area contributed by atoms with Gasteiger partial charge in [-0.3, -0.25) is 9.13 Å². The molecule has 4 heteroatoms. The quantitative estimate of drug-likeness (QED) is 0.694. The molecule has 0 atom stereocenters. The summed E-state index contributed by atoms with van der Waals surface area (Å²) in [4.78, 5) is 22.5. The highest BCUT2D eigenvalue weighted by molar-refractivity contribution is 5.75. The Labute approximate surface area is 95.9 Å². The smallest absolute Gasteiger partial charge is 0.300 e. The largest absolute Gasteiger partial charge is 0.328 e. The summed E-state index contributed by atoms with van der Waals surface area (Å²) >= 11 is 0. The first kappa shape index (κ1) is 12.7. The second kappa shape index (κ2) is 5.68. The maximum absolute atomic E-state index is 11.8. The Hall–Kier alpha value is -1.32. The molecule has 0 bridgehead atoms. The molecule has 0 aromatic carbocycles. The molecule has 1 aromatic rings. The van der Waals surface area contributed by atoms with Crippen LogP contribution >= 0.6 is 0 Å². The van der Waals surface area contributed by atoms with Crippen molar-refractivity contribution >= 4 is 5.78 Å². The molecule has 0 unspecified atom stereocenters. The van der Waals surface area contributed by atoms with E-state index in [1.165, 1.54) is 0 Å². The fraction of sp³-hybridized carbons (Fsp3) is 0.667. The molecule has 0 saturated carbocycles. The third-order valence-electron chi connectivity index (χ3n) is 2.61. The van der Waals surface area contributed by atoms with E-state index in [-0.39, 0.29) is 17.5 Å². The van der Waals surface area contributed by atoms with Crippen LogP contribution < -0.4 is 5.69 Å². The lowest BCUT2D eigenvalue weighted by Gasteiger charge is -2.04. The number of hydrogen-bond donors (Lipinski definition) is 0. The van der Waals surface area contributed by atoms with Gasteiger partial charge in [-0.1, -0.05) is 0 Å². The van der Waals surface area contributed by atoms with E-state index in [1.807, 2.05) is 26.2 Å². The zero-order valence-electron chi connectivity index (χ0n) is 10.3. The summed E-state index contributed by atoms with van der Waals surface area (Å²) in [7, 11) is 0. The third kappa shape index (κ3) is 3.36. The molecule has 0 spiro atoms. The van der Waals surface area contributed by atoms with E-state index in [1.54, 1.807) is 16.1 Å². The van der Waals surface area contributed by atoms with Gasteiger partial charge in [-0.05, 0) is 33.6 Å². The summed E-state index contributed by atoms with van der Waals surface area (Å²) in [5.74, 6) is 0.215. The van der Waals surface area contributed by atoms with Crippen molar-refractivity contribution in [3.8, 4) is 0 Å². The molecule has 1 rings (SSSR count). The highest BCUT2D eigenvalue weighted by Crippen LogP contribution is 2.02. The Kier molecular flexibility index (Phi) is 4.52. The Balaban J connectivity index is 2.49. The van der Waals surface area contributed by atoms with Crippen molar-refractivity contribution in [3.63, 3.8) is 0 Å². The summed E-state index contributed by atoms with van der Waals surface area (Å²) in [5, 5.41) is 0. The van der Waals surface area contributed by atoms with Gasteiger partial charge in [-0.2, -0.15) is 0 Å². The van der Waals surface area contributed by atoms with E-state index >= 15 is 0 Å². The minimum absolute atomic E-state index is 0.0397. The molecule has 4 nitrogen and oxygen atoms in total. The van der Waals surface area contributed by atoms with Gasteiger partial charge in [-0.15, -0.1) is 0 Å². The van der Waals surface area contributed by atoms with Crippen molar-refractivity contribution in [2.75, 3.05) is 0 Å². The Morgan fingerprint density at radius 1 is 1.31 bits per heavy atom. The van der Waals surface area contributed by atoms with Gasteiger partial charge < -0.3 is 4.79 Å². The number of aromatic nitrogens is 2. The highest BCUT2D eigenvalue weighted by Gasteiger charge is 2.05. The van der Waals surface area contributed by atoms with Gasteiger partial charge in [0.15, 0.2) is 0 Å². The second-order valence-electron chi connectivity index (χ2n) is 4.43. The Morgan fingerprint density at radius 2 is 2.00 bits per heavy atom. The number of aryl methyl sites for hydroxylation is 1. The molecule has 0 N–H and O–H groups in total. The van der Waals surface area contributed by atoms with E-state index in [0.29, 0.717) is 13.0 Å². The van der Waals surface area contributed by atoms with E-state index in [0.717, 1.165) is 12.8 Å². The molecule has 0 aliphatic heterocycles. The van der Waals surface area contributed by atoms with Gasteiger partial charge in [-0.25, -0.2) is 4.79 Å². The van der Waals surface area contributed by atoms with Gasteiger partial charge in [0.2, 0.25) is 0 Å². The fourth-order valence-electron chi connectivity index (χ4n) is 1.65. The van der Waals surface area contributed by atoms with Gasteiger partial charge in [0.25, 0.3) is 0 Å². The third-order valence-corrected chi connectivity index (χ3v) is 2.61. The molecule has 1 aromatic heterocycles. The number of carbonyl (C=O) groups is 1. The predicted octanol–water partition coefficient (Wildman–Crippen LogP) is 1.99. The van der Waals surface area contributed by atoms with Crippen molar-refractivity contribution in [3.05, 3.63) is 22.9 Å². The number of rotatable bonds is 6. The number of imidazole rings is 1. The van der Waals surface area contributed by atoms with Crippen LogP contribution in [0.5, 0.6) is 0 Å². The van der Waals surface area contributed by atoms with Gasteiger partial charge >= 0.3 is 5.69 Å². The lowest BCUT2D eigenvalue weighted by Crippen LogP contribution is -2.25. The van der Waals surface area contributed by atoms with Crippen LogP contribution in [0.15, 0.2) is 17.2 Å². The minimum Gasteiger partial charge on any atom is -0.300 e. The number of carbonyl (C=O) groups excluding carboxylic acids is 1. The molecular formula is C12H20N2O2. The van der Waals surface area contributed by atoms with Crippen molar-refractivity contribution < 1.29 is 4.79 Å². The van der Waals surface area contributed by atoms with Crippen LogP contribution in [0.4, 0.5) is 0 Å². The standard InChI is InChI=1S/C12H20N2O2/c1-10(2)14-9-8-13(12(14)16)7-5-4-6-11(3)15/h8-10H,4-7H2,1-3H3. The van der Waals surface area contributed by atoms with Crippen molar-refractivity contribution in [2.45, 2.75) is 52.6 Å². The van der Waals surface area contributed by atoms with E-state index in [2.05, 4.69) is 0 Å². The van der Waals surface area contributed by atoms with Crippen LogP contribution in [0.3, 0.4) is 0 Å². The molecule has 0 saturated heterocycles. The fourth-order valence-corrected chi connectivity index (χ4v) is 1.65. The van der Waals surface area contributed by atoms with Crippen LogP contribution in [0.1, 0.15) is 46.1 Å². The SMILES string of the molecule is CC(=O)CCCCn1ccn(C(C)C)c1=O. The van der Waals surface area contributed by atoms with Gasteiger partial charge in [0.1, 0.15) is 5.78 Å². The number of Topliss-reactive ketones (excluding diaryl/α,β-unsaturated/α-hetero) is 1. The maximum Gasteiger partial charge on any atom is 0.328 e. The summed E-state index contributed by atoms with van der Waals surface area (Å²) in [6.07, 6.45) is 5.98. The van der Waals surface area contributed by atoms with E-state index in [9.17, 15) is 9.59 Å². The van der Waals surface area contributed by atoms with Crippen LogP contribution in [0.2, 0.25) is 0 Å². The van der Waals surface area contributed by atoms with Crippen molar-refractivity contribution in [1.82, 2.24) is 9.13 Å². The average molecular weight is 224 g/mol. The summed E-state index contributed by atoms with van der Waals surface area (Å²) in [5.41, 5.74) is 0.0397. The molecule has 0 amide bonds. The maximum atomic E-state index is 11.8. The highest BCUT2D eigenvalue weighted by atomic mass is 16.1. The van der Waals surface area contributed by atoms with Crippen molar-refractivity contribution in [1.29, 1.82) is 0 Å². The Morgan fingerprint density at radius 3 is 2.50 bits per heavy atom. The van der Waals surface area contributed by atoms with E-state index < -0.39 is 0 Å². The first-order chi connectivity index (χ1) is 7.52. The molecule has 0 fully saturated rings. The topological polar surface area (TPSA) is 44.0 Å². The summed E-state index contributed by atoms with van der Waals surface area (Å²) < 4.78 is 3.42. The summed E-state index contributed by atoms with van der Waals surface area (Å²) in [6.45, 7) is 6.27. The van der Waals surface area contributed by atoms with Crippen LogP contribution in [-0.2, 0) is 11.3 Å². The zero-order valence-corrected chi connectivity index (χ0v) is 10.3. The monoisotopic (exact) mass is 224 g/mol. The van der Waals surface area contributed by atoms with E-state index in [4.69, 9.17) is 0 Å². The summed E-state index contributed by atoms with van der Waals surface area (Å²) in [6, 6.07) is 0.200. The number of nitrogens with zero attached hydrogens (tertiary/aromatic N) is 2. The van der Waals surface area contributed by atoms with Crippen LogP contribution in [-0.4, -0.2) is 14.9 Å². The van der Waals surface area contributed by atoms with Gasteiger partial charge in [0.05, 0.1) is 0 Å². The normalized spacial score (nSPS) is 11.0. The molecule has 0 aliphatic carbocycles. The minimum atomic E-state index is 0.0397. The lowest BCUT2D eigenvalue weighted by molar-refractivity contribution is -0.117. The zero-order chi connectivity index (χ0) is 12.1. The second-order valence-corrected chi connectivity index (χ2v) is 4.43. The molecular weight excluding hydrogens is 204 g/mol. The van der Waals surface area contributed by atoms with Crippen LogP contribution in [0.25, 0.3) is 0 Å². The average Bonchev–Trinajstić information content (AvgIpc) is 2.54.